The van der Waals surface area contributed by atoms with E-state index in [2.05, 4.69) is 10.2 Å². The van der Waals surface area contributed by atoms with Gasteiger partial charge in [-0.2, -0.15) is 0 Å². The van der Waals surface area contributed by atoms with E-state index in [-0.39, 0.29) is 6.03 Å². The molecule has 2 aromatic carbocycles. The lowest BCUT2D eigenvalue weighted by atomic mass is 10.2. The summed E-state index contributed by atoms with van der Waals surface area (Å²) < 4.78 is 5.19. The Morgan fingerprint density at radius 3 is 2.52 bits per heavy atom. The van der Waals surface area contributed by atoms with Crippen LogP contribution in [0.5, 0.6) is 5.75 Å². The van der Waals surface area contributed by atoms with E-state index in [0.717, 1.165) is 30.0 Å². The minimum Gasteiger partial charge on any atom is -0.495 e. The second-order valence-corrected chi connectivity index (χ2v) is 6.50. The lowest BCUT2D eigenvalue weighted by Gasteiger charge is -2.36. The van der Waals surface area contributed by atoms with Crippen molar-refractivity contribution in [3.05, 3.63) is 53.1 Å². The number of benzene rings is 2. The van der Waals surface area contributed by atoms with Gasteiger partial charge in [0.05, 0.1) is 12.1 Å². The molecule has 0 atom stereocenters. The molecule has 0 aromatic heterocycles. The molecule has 0 bridgehead atoms. The van der Waals surface area contributed by atoms with E-state index in [1.807, 2.05) is 54.3 Å². The standard InChI is InChI=1S/C19H22ClN3O2/c1-14-4-3-5-15(12-14)21-19(24)23-10-8-22(9-11-23)16-6-7-18(25-2)17(20)13-16/h3-7,12-13H,8-11H2,1-2H3,(H,21,24). The van der Waals surface area contributed by atoms with Crippen molar-refractivity contribution in [2.75, 3.05) is 43.5 Å². The Balaban J connectivity index is 1.58. The Morgan fingerprint density at radius 1 is 1.12 bits per heavy atom. The number of nitrogens with zero attached hydrogens (tertiary/aromatic N) is 2. The zero-order valence-corrected chi connectivity index (χ0v) is 15.2. The summed E-state index contributed by atoms with van der Waals surface area (Å²) in [4.78, 5) is 16.5. The van der Waals surface area contributed by atoms with Crippen molar-refractivity contribution in [3.63, 3.8) is 0 Å². The highest BCUT2D eigenvalue weighted by Crippen LogP contribution is 2.29. The van der Waals surface area contributed by atoms with Crippen LogP contribution in [0.25, 0.3) is 0 Å². The van der Waals surface area contributed by atoms with E-state index < -0.39 is 0 Å². The highest BCUT2D eigenvalue weighted by Gasteiger charge is 2.21. The average Bonchev–Trinajstić information content (AvgIpc) is 2.62. The van der Waals surface area contributed by atoms with Crippen molar-refractivity contribution < 1.29 is 9.53 Å². The number of ether oxygens (including phenoxy) is 1. The smallest absolute Gasteiger partial charge is 0.321 e. The maximum Gasteiger partial charge on any atom is 0.321 e. The summed E-state index contributed by atoms with van der Waals surface area (Å²) in [5.41, 5.74) is 3.00. The summed E-state index contributed by atoms with van der Waals surface area (Å²) in [6.45, 7) is 4.88. The first-order chi connectivity index (χ1) is 12.1. The zero-order valence-electron chi connectivity index (χ0n) is 14.5. The number of carbonyl (C=O) groups excluding carboxylic acids is 1. The van der Waals surface area contributed by atoms with Crippen LogP contribution in [0.15, 0.2) is 42.5 Å². The van der Waals surface area contributed by atoms with E-state index in [1.165, 1.54) is 0 Å². The number of hydrogen-bond donors (Lipinski definition) is 1. The van der Waals surface area contributed by atoms with Gasteiger partial charge in [-0.05, 0) is 42.8 Å². The molecule has 6 heteroatoms. The quantitative estimate of drug-likeness (QED) is 0.900. The lowest BCUT2D eigenvalue weighted by Crippen LogP contribution is -2.50. The van der Waals surface area contributed by atoms with Gasteiger partial charge >= 0.3 is 6.03 Å². The number of hydrogen-bond acceptors (Lipinski definition) is 3. The summed E-state index contributed by atoms with van der Waals surface area (Å²) in [7, 11) is 1.60. The van der Waals surface area contributed by atoms with Gasteiger partial charge in [-0.15, -0.1) is 0 Å². The van der Waals surface area contributed by atoms with Gasteiger partial charge in [-0.1, -0.05) is 23.7 Å². The summed E-state index contributed by atoms with van der Waals surface area (Å²) in [5.74, 6) is 0.668. The molecule has 1 N–H and O–H groups in total. The van der Waals surface area contributed by atoms with Gasteiger partial charge < -0.3 is 19.9 Å². The SMILES string of the molecule is COc1ccc(N2CCN(C(=O)Nc3cccc(C)c3)CC2)cc1Cl. The molecule has 1 heterocycles. The number of rotatable bonds is 3. The predicted octanol–water partition coefficient (Wildman–Crippen LogP) is 4.01. The highest BCUT2D eigenvalue weighted by atomic mass is 35.5. The van der Waals surface area contributed by atoms with Gasteiger partial charge in [0.25, 0.3) is 0 Å². The summed E-state index contributed by atoms with van der Waals surface area (Å²) in [6, 6.07) is 13.5. The van der Waals surface area contributed by atoms with Gasteiger partial charge in [0.2, 0.25) is 0 Å². The fourth-order valence-electron chi connectivity index (χ4n) is 2.95. The minimum absolute atomic E-state index is 0.0574. The number of aryl methyl sites for hydroxylation is 1. The molecule has 25 heavy (non-hydrogen) atoms. The molecule has 0 radical (unpaired) electrons. The van der Waals surface area contributed by atoms with E-state index >= 15 is 0 Å². The van der Waals surface area contributed by atoms with E-state index in [1.54, 1.807) is 7.11 Å². The normalized spacial score (nSPS) is 14.4. The second kappa shape index (κ2) is 7.66. The average molecular weight is 360 g/mol. The molecule has 5 nitrogen and oxygen atoms in total. The van der Waals surface area contributed by atoms with Gasteiger partial charge in [0.15, 0.2) is 0 Å². The van der Waals surface area contributed by atoms with E-state index in [4.69, 9.17) is 16.3 Å². The molecule has 132 valence electrons. The Morgan fingerprint density at radius 2 is 1.88 bits per heavy atom. The molecule has 1 fully saturated rings. The minimum atomic E-state index is -0.0574. The number of nitrogens with one attached hydrogen (secondary N) is 1. The number of amides is 2. The van der Waals surface area contributed by atoms with Gasteiger partial charge in [-0.25, -0.2) is 4.79 Å². The molecule has 1 aliphatic rings. The molecular formula is C19H22ClN3O2. The first-order valence-electron chi connectivity index (χ1n) is 8.28. The Bertz CT molecular complexity index is 758. The molecule has 0 unspecified atom stereocenters. The molecule has 0 saturated carbocycles. The topological polar surface area (TPSA) is 44.8 Å². The Kier molecular flexibility index (Phi) is 5.34. The molecule has 2 aromatic rings. The Labute approximate surface area is 153 Å². The third-order valence-corrected chi connectivity index (χ3v) is 4.63. The summed E-state index contributed by atoms with van der Waals surface area (Å²) >= 11 is 6.20. The van der Waals surface area contributed by atoms with Crippen LogP contribution in [-0.2, 0) is 0 Å². The van der Waals surface area contributed by atoms with Gasteiger partial charge in [-0.3, -0.25) is 0 Å². The monoisotopic (exact) mass is 359 g/mol. The van der Waals surface area contributed by atoms with Crippen molar-refractivity contribution in [1.82, 2.24) is 4.90 Å². The van der Waals surface area contributed by atoms with Crippen molar-refractivity contribution >= 4 is 29.0 Å². The third kappa shape index (κ3) is 4.17. The summed E-state index contributed by atoms with van der Waals surface area (Å²) in [6.07, 6.45) is 0. The molecule has 0 aliphatic carbocycles. The van der Waals surface area contributed by atoms with Crippen LogP contribution in [0.2, 0.25) is 5.02 Å². The highest BCUT2D eigenvalue weighted by molar-refractivity contribution is 6.32. The van der Waals surface area contributed by atoms with Crippen LogP contribution >= 0.6 is 11.6 Å². The van der Waals surface area contributed by atoms with Crippen LogP contribution in [-0.4, -0.2) is 44.2 Å². The first kappa shape index (κ1) is 17.4. The van der Waals surface area contributed by atoms with E-state index in [9.17, 15) is 4.79 Å². The number of carbonyl (C=O) groups is 1. The lowest BCUT2D eigenvalue weighted by molar-refractivity contribution is 0.208. The molecule has 2 amide bonds. The van der Waals surface area contributed by atoms with Crippen molar-refractivity contribution in [3.8, 4) is 5.75 Å². The number of piperazine rings is 1. The van der Waals surface area contributed by atoms with Crippen molar-refractivity contribution in [1.29, 1.82) is 0 Å². The zero-order chi connectivity index (χ0) is 17.8. The largest absolute Gasteiger partial charge is 0.495 e. The van der Waals surface area contributed by atoms with Crippen molar-refractivity contribution in [2.24, 2.45) is 0 Å². The van der Waals surface area contributed by atoms with Crippen LogP contribution < -0.4 is 15.0 Å². The van der Waals surface area contributed by atoms with Crippen molar-refractivity contribution in [2.45, 2.75) is 6.92 Å². The molecule has 1 aliphatic heterocycles. The number of methoxy groups -OCH3 is 1. The maximum atomic E-state index is 12.4. The second-order valence-electron chi connectivity index (χ2n) is 6.09. The van der Waals surface area contributed by atoms with Crippen LogP contribution in [0, 0.1) is 6.92 Å². The first-order valence-corrected chi connectivity index (χ1v) is 8.65. The van der Waals surface area contributed by atoms with Crippen LogP contribution in [0.1, 0.15) is 5.56 Å². The predicted molar refractivity (Wildman–Crippen MR) is 102 cm³/mol. The number of urea groups is 1. The van der Waals surface area contributed by atoms with Crippen LogP contribution in [0.3, 0.4) is 0 Å². The van der Waals surface area contributed by atoms with Gasteiger partial charge in [0.1, 0.15) is 5.75 Å². The van der Waals surface area contributed by atoms with Crippen LogP contribution in [0.4, 0.5) is 16.2 Å². The van der Waals surface area contributed by atoms with E-state index in [0.29, 0.717) is 23.9 Å². The fraction of sp³-hybridized carbons (Fsp3) is 0.316. The Hall–Kier alpha value is -2.40. The maximum absolute atomic E-state index is 12.4. The molecule has 0 spiro atoms. The summed E-state index contributed by atoms with van der Waals surface area (Å²) in [5, 5.41) is 3.56. The number of halogens is 1. The fourth-order valence-corrected chi connectivity index (χ4v) is 3.20. The van der Waals surface area contributed by atoms with Gasteiger partial charge in [0, 0.05) is 37.6 Å². The third-order valence-electron chi connectivity index (χ3n) is 4.34. The molecule has 3 rings (SSSR count). The molecular weight excluding hydrogens is 338 g/mol. The molecule has 1 saturated heterocycles. The number of anilines is 2.